The number of nitrogens with one attached hydrogen (secondary N) is 1. The standard InChI is InChI=1S/C12H22N4O2S/c1-14-12(10-13)4-3-11(9-12)15-5-7-16(8-6-15)19(2,17)18/h11,14H,3-9H2,1-2H3. The molecular formula is C12H22N4O2S. The molecule has 2 rings (SSSR count). The number of sulfonamides is 1. The normalized spacial score (nSPS) is 34.3. The van der Waals surface area contributed by atoms with Crippen LogP contribution in [0.25, 0.3) is 0 Å². The van der Waals surface area contributed by atoms with Crippen LogP contribution in [0.1, 0.15) is 19.3 Å². The first-order chi connectivity index (χ1) is 8.90. The van der Waals surface area contributed by atoms with E-state index in [1.807, 2.05) is 7.05 Å². The molecule has 0 radical (unpaired) electrons. The maximum absolute atomic E-state index is 11.5. The van der Waals surface area contributed by atoms with Crippen LogP contribution in [0.3, 0.4) is 0 Å². The van der Waals surface area contributed by atoms with Gasteiger partial charge in [0.1, 0.15) is 5.54 Å². The molecule has 6 nitrogen and oxygen atoms in total. The molecule has 2 fully saturated rings. The number of nitriles is 1. The Kier molecular flexibility index (Phi) is 4.16. The van der Waals surface area contributed by atoms with Gasteiger partial charge in [0.05, 0.1) is 12.3 Å². The summed E-state index contributed by atoms with van der Waals surface area (Å²) in [5.74, 6) is 0. The zero-order valence-electron chi connectivity index (χ0n) is 11.6. The van der Waals surface area contributed by atoms with Gasteiger partial charge < -0.3 is 5.32 Å². The summed E-state index contributed by atoms with van der Waals surface area (Å²) in [6.45, 7) is 2.66. The summed E-state index contributed by atoms with van der Waals surface area (Å²) in [6, 6.07) is 2.78. The molecule has 2 unspecified atom stereocenters. The Hall–Kier alpha value is -0.680. The van der Waals surface area contributed by atoms with E-state index in [0.717, 1.165) is 32.4 Å². The SMILES string of the molecule is CNC1(C#N)CCC(N2CCN(S(C)(=O)=O)CC2)C1. The minimum absolute atomic E-state index is 0.390. The second-order valence-corrected chi connectivity index (χ2v) is 7.52. The molecule has 2 aliphatic rings. The molecule has 0 spiro atoms. The van der Waals surface area contributed by atoms with E-state index in [1.165, 1.54) is 10.6 Å². The maximum atomic E-state index is 11.5. The molecule has 0 bridgehead atoms. The van der Waals surface area contributed by atoms with E-state index in [2.05, 4.69) is 16.3 Å². The Morgan fingerprint density at radius 3 is 2.37 bits per heavy atom. The molecule has 1 N–H and O–H groups in total. The van der Waals surface area contributed by atoms with E-state index >= 15 is 0 Å². The quantitative estimate of drug-likeness (QED) is 0.764. The van der Waals surface area contributed by atoms with Gasteiger partial charge in [0.25, 0.3) is 0 Å². The summed E-state index contributed by atoms with van der Waals surface area (Å²) in [5, 5.41) is 12.4. The Bertz CT molecular complexity index is 465. The van der Waals surface area contributed by atoms with Crippen LogP contribution in [0.15, 0.2) is 0 Å². The second-order valence-electron chi connectivity index (χ2n) is 5.54. The van der Waals surface area contributed by atoms with Gasteiger partial charge in [-0.1, -0.05) is 0 Å². The molecule has 108 valence electrons. The highest BCUT2D eigenvalue weighted by molar-refractivity contribution is 7.88. The Morgan fingerprint density at radius 1 is 1.32 bits per heavy atom. The van der Waals surface area contributed by atoms with Crippen molar-refractivity contribution in [2.75, 3.05) is 39.5 Å². The van der Waals surface area contributed by atoms with Crippen molar-refractivity contribution < 1.29 is 8.42 Å². The minimum Gasteiger partial charge on any atom is -0.302 e. The molecule has 0 aromatic carbocycles. The molecule has 0 aromatic heterocycles. The van der Waals surface area contributed by atoms with Crippen molar-refractivity contribution >= 4 is 10.0 Å². The van der Waals surface area contributed by atoms with Crippen molar-refractivity contribution in [2.24, 2.45) is 0 Å². The lowest BCUT2D eigenvalue weighted by atomic mass is 10.00. The van der Waals surface area contributed by atoms with E-state index in [1.54, 1.807) is 0 Å². The van der Waals surface area contributed by atoms with Crippen LogP contribution in [0.2, 0.25) is 0 Å². The Balaban J connectivity index is 1.92. The molecular weight excluding hydrogens is 264 g/mol. The van der Waals surface area contributed by atoms with Crippen LogP contribution < -0.4 is 5.32 Å². The Labute approximate surface area is 115 Å². The number of rotatable bonds is 3. The molecule has 1 saturated heterocycles. The Morgan fingerprint density at radius 2 is 1.95 bits per heavy atom. The lowest BCUT2D eigenvalue weighted by Crippen LogP contribution is -2.52. The summed E-state index contributed by atoms with van der Waals surface area (Å²) >= 11 is 0. The lowest BCUT2D eigenvalue weighted by Gasteiger charge is -2.37. The average Bonchev–Trinajstić information content (AvgIpc) is 2.83. The van der Waals surface area contributed by atoms with E-state index in [-0.39, 0.29) is 0 Å². The van der Waals surface area contributed by atoms with Crippen LogP contribution in [-0.2, 0) is 10.0 Å². The summed E-state index contributed by atoms with van der Waals surface area (Å²) in [7, 11) is -1.22. The number of nitrogens with zero attached hydrogens (tertiary/aromatic N) is 3. The van der Waals surface area contributed by atoms with Gasteiger partial charge in [0.2, 0.25) is 10.0 Å². The monoisotopic (exact) mass is 286 g/mol. The first kappa shape index (κ1) is 14.7. The fourth-order valence-electron chi connectivity index (χ4n) is 3.12. The fraction of sp³-hybridized carbons (Fsp3) is 0.917. The molecule has 1 heterocycles. The van der Waals surface area contributed by atoms with Gasteiger partial charge in [-0.25, -0.2) is 8.42 Å². The van der Waals surface area contributed by atoms with Crippen molar-refractivity contribution in [3.63, 3.8) is 0 Å². The molecule has 2 atom stereocenters. The van der Waals surface area contributed by atoms with Crippen molar-refractivity contribution in [1.82, 2.24) is 14.5 Å². The maximum Gasteiger partial charge on any atom is 0.211 e. The third-order valence-corrected chi connectivity index (χ3v) is 5.74. The predicted molar refractivity (Wildman–Crippen MR) is 73.0 cm³/mol. The average molecular weight is 286 g/mol. The van der Waals surface area contributed by atoms with Gasteiger partial charge in [-0.2, -0.15) is 9.57 Å². The van der Waals surface area contributed by atoms with Gasteiger partial charge in [-0.05, 0) is 26.3 Å². The largest absolute Gasteiger partial charge is 0.302 e. The third kappa shape index (κ3) is 3.08. The van der Waals surface area contributed by atoms with Gasteiger partial charge in [0.15, 0.2) is 0 Å². The summed E-state index contributed by atoms with van der Waals surface area (Å²) in [5.41, 5.74) is -0.390. The first-order valence-corrected chi connectivity index (χ1v) is 8.54. The van der Waals surface area contributed by atoms with Gasteiger partial charge in [-0.3, -0.25) is 4.90 Å². The van der Waals surface area contributed by atoms with Gasteiger partial charge in [0, 0.05) is 32.2 Å². The molecule has 1 aliphatic carbocycles. The highest BCUT2D eigenvalue weighted by Gasteiger charge is 2.41. The summed E-state index contributed by atoms with van der Waals surface area (Å²) < 4.78 is 24.5. The smallest absolute Gasteiger partial charge is 0.211 e. The van der Waals surface area contributed by atoms with Gasteiger partial charge in [-0.15, -0.1) is 0 Å². The van der Waals surface area contributed by atoms with Crippen LogP contribution in [0.5, 0.6) is 0 Å². The topological polar surface area (TPSA) is 76.4 Å². The van der Waals surface area contributed by atoms with Crippen LogP contribution in [0, 0.1) is 11.3 Å². The minimum atomic E-state index is -3.06. The highest BCUT2D eigenvalue weighted by atomic mass is 32.2. The van der Waals surface area contributed by atoms with Crippen LogP contribution in [-0.4, -0.2) is 68.7 Å². The molecule has 1 saturated carbocycles. The molecule has 7 heteroatoms. The third-order valence-electron chi connectivity index (χ3n) is 4.44. The van der Waals surface area contributed by atoms with Crippen LogP contribution >= 0.6 is 0 Å². The number of hydrogen-bond acceptors (Lipinski definition) is 5. The number of hydrogen-bond donors (Lipinski definition) is 1. The zero-order chi connectivity index (χ0) is 14.1. The van der Waals surface area contributed by atoms with E-state index < -0.39 is 15.6 Å². The predicted octanol–water partition coefficient (Wildman–Crippen LogP) is -0.402. The molecule has 0 aromatic rings. The second kappa shape index (κ2) is 5.37. The fourth-order valence-corrected chi connectivity index (χ4v) is 3.94. The van der Waals surface area contributed by atoms with E-state index in [9.17, 15) is 13.7 Å². The molecule has 19 heavy (non-hydrogen) atoms. The van der Waals surface area contributed by atoms with Crippen molar-refractivity contribution in [2.45, 2.75) is 30.8 Å². The first-order valence-electron chi connectivity index (χ1n) is 6.69. The van der Waals surface area contributed by atoms with Gasteiger partial charge >= 0.3 is 0 Å². The number of piperazine rings is 1. The van der Waals surface area contributed by atoms with Crippen molar-refractivity contribution in [3.8, 4) is 6.07 Å². The molecule has 0 amide bonds. The van der Waals surface area contributed by atoms with E-state index in [0.29, 0.717) is 19.1 Å². The molecule has 1 aliphatic heterocycles. The van der Waals surface area contributed by atoms with E-state index in [4.69, 9.17) is 0 Å². The van der Waals surface area contributed by atoms with Crippen molar-refractivity contribution in [1.29, 1.82) is 5.26 Å². The van der Waals surface area contributed by atoms with Crippen molar-refractivity contribution in [3.05, 3.63) is 0 Å². The highest BCUT2D eigenvalue weighted by Crippen LogP contribution is 2.32. The summed E-state index contributed by atoms with van der Waals surface area (Å²) in [6.07, 6.45) is 3.98. The van der Waals surface area contributed by atoms with Crippen LogP contribution in [0.4, 0.5) is 0 Å². The summed E-state index contributed by atoms with van der Waals surface area (Å²) in [4.78, 5) is 2.33. The lowest BCUT2D eigenvalue weighted by molar-refractivity contribution is 0.136. The zero-order valence-corrected chi connectivity index (χ0v) is 12.4.